The molecule has 0 unspecified atom stereocenters. The first-order valence-corrected chi connectivity index (χ1v) is 5.18. The van der Waals surface area contributed by atoms with Gasteiger partial charge in [-0.25, -0.2) is 4.79 Å². The van der Waals surface area contributed by atoms with Crippen LogP contribution in [-0.4, -0.2) is 31.3 Å². The van der Waals surface area contributed by atoms with Crippen LogP contribution in [-0.2, 0) is 4.74 Å². The third kappa shape index (κ3) is 9.32. The molecule has 0 aliphatic rings. The van der Waals surface area contributed by atoms with Gasteiger partial charge in [0.1, 0.15) is 0 Å². The van der Waals surface area contributed by atoms with Crippen LogP contribution < -0.4 is 10.6 Å². The number of amides is 2. The zero-order valence-corrected chi connectivity index (χ0v) is 9.59. The highest BCUT2D eigenvalue weighted by Crippen LogP contribution is 1.89. The molecular weight excluding hydrogens is 180 g/mol. The summed E-state index contributed by atoms with van der Waals surface area (Å²) in [4.78, 5) is 11.1. The fourth-order valence-corrected chi connectivity index (χ4v) is 0.906. The summed E-state index contributed by atoms with van der Waals surface area (Å²) in [6.45, 7) is 9.21. The molecule has 0 heterocycles. The van der Waals surface area contributed by atoms with E-state index in [1.54, 1.807) is 0 Å². The van der Waals surface area contributed by atoms with Gasteiger partial charge in [-0.05, 0) is 34.1 Å². The normalized spacial score (nSPS) is 10.7. The van der Waals surface area contributed by atoms with Crippen molar-refractivity contribution < 1.29 is 9.53 Å². The minimum atomic E-state index is -0.107. The smallest absolute Gasteiger partial charge is 0.314 e. The van der Waals surface area contributed by atoms with Crippen LogP contribution in [0.4, 0.5) is 4.79 Å². The maximum absolute atomic E-state index is 11.1. The quantitative estimate of drug-likeness (QED) is 0.641. The summed E-state index contributed by atoms with van der Waals surface area (Å²) in [6.07, 6.45) is 1.11. The summed E-state index contributed by atoms with van der Waals surface area (Å²) in [7, 11) is 0. The van der Waals surface area contributed by atoms with Crippen LogP contribution >= 0.6 is 0 Å². The van der Waals surface area contributed by atoms with Crippen LogP contribution in [0.25, 0.3) is 0 Å². The molecule has 0 saturated carbocycles. The van der Waals surface area contributed by atoms with E-state index in [2.05, 4.69) is 10.6 Å². The van der Waals surface area contributed by atoms with Crippen LogP contribution in [0.5, 0.6) is 0 Å². The number of carbonyl (C=O) groups excluding carboxylic acids is 1. The van der Waals surface area contributed by atoms with E-state index in [1.165, 1.54) is 0 Å². The van der Waals surface area contributed by atoms with Crippen molar-refractivity contribution in [3.05, 3.63) is 0 Å². The Morgan fingerprint density at radius 1 is 1.29 bits per heavy atom. The summed E-state index contributed by atoms with van der Waals surface area (Å²) >= 11 is 0. The molecule has 0 saturated heterocycles. The van der Waals surface area contributed by atoms with Crippen molar-refractivity contribution in [3.63, 3.8) is 0 Å². The first-order valence-electron chi connectivity index (χ1n) is 5.18. The highest BCUT2D eigenvalue weighted by molar-refractivity contribution is 5.73. The Kier molecular flexibility index (Phi) is 7.20. The number of hydrogen-bond donors (Lipinski definition) is 2. The first kappa shape index (κ1) is 13.2. The number of nitrogens with one attached hydrogen (secondary N) is 2. The minimum Gasteiger partial charge on any atom is -0.379 e. The molecule has 0 bridgehead atoms. The third-order valence-electron chi connectivity index (χ3n) is 1.48. The maximum Gasteiger partial charge on any atom is 0.314 e. The van der Waals surface area contributed by atoms with Gasteiger partial charge in [-0.3, -0.25) is 0 Å². The summed E-state index contributed by atoms with van der Waals surface area (Å²) in [5.74, 6) is 0. The van der Waals surface area contributed by atoms with Crippen molar-refractivity contribution >= 4 is 6.03 Å². The number of carbonyl (C=O) groups is 1. The standard InChI is InChI=1S/C10H22N2O2/c1-8(2)12-10(13)11-6-5-7-14-9(3)4/h8-9H,5-7H2,1-4H3,(H2,11,12,13). The van der Waals surface area contributed by atoms with Crippen molar-refractivity contribution in [1.82, 2.24) is 10.6 Å². The van der Waals surface area contributed by atoms with Crippen molar-refractivity contribution in [2.75, 3.05) is 13.2 Å². The lowest BCUT2D eigenvalue weighted by Gasteiger charge is -2.10. The third-order valence-corrected chi connectivity index (χ3v) is 1.48. The van der Waals surface area contributed by atoms with Crippen LogP contribution in [0.15, 0.2) is 0 Å². The van der Waals surface area contributed by atoms with Gasteiger partial charge in [-0.2, -0.15) is 0 Å². The Hall–Kier alpha value is -0.770. The molecule has 0 radical (unpaired) electrons. The summed E-state index contributed by atoms with van der Waals surface area (Å²) < 4.78 is 5.33. The predicted octanol–water partition coefficient (Wildman–Crippen LogP) is 1.51. The molecule has 2 N–H and O–H groups in total. The van der Waals surface area contributed by atoms with Gasteiger partial charge in [0.15, 0.2) is 0 Å². The van der Waals surface area contributed by atoms with Crippen LogP contribution in [0.1, 0.15) is 34.1 Å². The molecule has 0 aliphatic carbocycles. The van der Waals surface area contributed by atoms with Gasteiger partial charge < -0.3 is 15.4 Å². The number of hydrogen-bond acceptors (Lipinski definition) is 2. The Bertz CT molecular complexity index is 158. The van der Waals surface area contributed by atoms with Crippen LogP contribution in [0.2, 0.25) is 0 Å². The molecule has 0 aromatic carbocycles. The molecule has 4 heteroatoms. The second-order valence-electron chi connectivity index (χ2n) is 3.83. The van der Waals surface area contributed by atoms with Gasteiger partial charge >= 0.3 is 6.03 Å². The molecule has 0 fully saturated rings. The largest absolute Gasteiger partial charge is 0.379 e. The van der Waals surface area contributed by atoms with Gasteiger partial charge in [-0.15, -0.1) is 0 Å². The number of rotatable bonds is 6. The Balaban J connectivity index is 3.23. The molecule has 84 valence electrons. The van der Waals surface area contributed by atoms with Gasteiger partial charge in [0, 0.05) is 19.2 Å². The lowest BCUT2D eigenvalue weighted by Crippen LogP contribution is -2.40. The van der Waals surface area contributed by atoms with Crippen molar-refractivity contribution in [3.8, 4) is 0 Å². The summed E-state index contributed by atoms with van der Waals surface area (Å²) in [6, 6.07) is 0.0754. The fourth-order valence-electron chi connectivity index (χ4n) is 0.906. The van der Waals surface area contributed by atoms with Crippen molar-refractivity contribution in [2.24, 2.45) is 0 Å². The molecule has 4 nitrogen and oxygen atoms in total. The topological polar surface area (TPSA) is 50.4 Å². The molecule has 0 atom stereocenters. The Labute approximate surface area is 86.4 Å². The van der Waals surface area contributed by atoms with E-state index in [0.717, 1.165) is 6.42 Å². The number of urea groups is 1. The zero-order chi connectivity index (χ0) is 11.0. The summed E-state index contributed by atoms with van der Waals surface area (Å²) in [5, 5.41) is 5.51. The van der Waals surface area contributed by atoms with E-state index in [1.807, 2.05) is 27.7 Å². The van der Waals surface area contributed by atoms with E-state index in [9.17, 15) is 4.79 Å². The lowest BCUT2D eigenvalue weighted by molar-refractivity contribution is 0.0774. The second-order valence-corrected chi connectivity index (χ2v) is 3.83. The highest BCUT2D eigenvalue weighted by atomic mass is 16.5. The molecule has 0 aromatic heterocycles. The van der Waals surface area contributed by atoms with E-state index >= 15 is 0 Å². The molecular formula is C10H22N2O2. The number of ether oxygens (including phenoxy) is 1. The molecule has 2 amide bonds. The van der Waals surface area contributed by atoms with Gasteiger partial charge in [-0.1, -0.05) is 0 Å². The molecule has 14 heavy (non-hydrogen) atoms. The SMILES string of the molecule is CC(C)NC(=O)NCCCOC(C)C. The average Bonchev–Trinajstić information content (AvgIpc) is 2.01. The zero-order valence-electron chi connectivity index (χ0n) is 9.59. The van der Waals surface area contributed by atoms with Crippen molar-refractivity contribution in [1.29, 1.82) is 0 Å². The fraction of sp³-hybridized carbons (Fsp3) is 0.900. The van der Waals surface area contributed by atoms with Crippen molar-refractivity contribution in [2.45, 2.75) is 46.3 Å². The van der Waals surface area contributed by atoms with E-state index in [0.29, 0.717) is 13.2 Å². The first-order chi connectivity index (χ1) is 6.52. The summed E-state index contributed by atoms with van der Waals surface area (Å²) in [5.41, 5.74) is 0. The molecule has 0 rings (SSSR count). The van der Waals surface area contributed by atoms with Gasteiger partial charge in [0.2, 0.25) is 0 Å². The Morgan fingerprint density at radius 3 is 2.43 bits per heavy atom. The van der Waals surface area contributed by atoms with E-state index < -0.39 is 0 Å². The van der Waals surface area contributed by atoms with Gasteiger partial charge in [0.25, 0.3) is 0 Å². The minimum absolute atomic E-state index is 0.107. The second kappa shape index (κ2) is 7.62. The monoisotopic (exact) mass is 202 g/mol. The molecule has 0 aromatic rings. The van der Waals surface area contributed by atoms with Gasteiger partial charge in [0.05, 0.1) is 6.10 Å². The predicted molar refractivity (Wildman–Crippen MR) is 57.4 cm³/mol. The maximum atomic E-state index is 11.1. The highest BCUT2D eigenvalue weighted by Gasteiger charge is 2.00. The van der Waals surface area contributed by atoms with E-state index in [4.69, 9.17) is 4.74 Å². The molecule has 0 aliphatic heterocycles. The van der Waals surface area contributed by atoms with Crippen LogP contribution in [0, 0.1) is 0 Å². The molecule has 0 spiro atoms. The Morgan fingerprint density at radius 2 is 1.93 bits per heavy atom. The van der Waals surface area contributed by atoms with E-state index in [-0.39, 0.29) is 18.2 Å². The van der Waals surface area contributed by atoms with Crippen LogP contribution in [0.3, 0.4) is 0 Å². The lowest BCUT2D eigenvalue weighted by atomic mass is 10.4. The average molecular weight is 202 g/mol.